The molecule has 1 aliphatic heterocycles. The SMILES string of the molecule is COCCNC(=O)CN1C(=O)/C(=C/c2ccccc2)OC2CCC(C(C)(C)C)CC21. The third-order valence-electron chi connectivity index (χ3n) is 6.17. The van der Waals surface area contributed by atoms with E-state index in [4.69, 9.17) is 9.47 Å². The molecule has 0 spiro atoms. The minimum Gasteiger partial charge on any atom is -0.482 e. The van der Waals surface area contributed by atoms with Gasteiger partial charge in [-0.05, 0) is 42.2 Å². The van der Waals surface area contributed by atoms with E-state index in [1.165, 1.54) is 0 Å². The van der Waals surface area contributed by atoms with Gasteiger partial charge in [0.2, 0.25) is 5.91 Å². The monoisotopic (exact) mass is 414 g/mol. The Morgan fingerprint density at radius 2 is 2.00 bits per heavy atom. The fourth-order valence-electron chi connectivity index (χ4n) is 4.37. The van der Waals surface area contributed by atoms with Gasteiger partial charge in [0.1, 0.15) is 12.6 Å². The fourth-order valence-corrected chi connectivity index (χ4v) is 4.37. The molecule has 1 heterocycles. The van der Waals surface area contributed by atoms with E-state index in [1.807, 2.05) is 30.3 Å². The number of fused-ring (bicyclic) bond motifs is 1. The summed E-state index contributed by atoms with van der Waals surface area (Å²) >= 11 is 0. The van der Waals surface area contributed by atoms with Crippen LogP contribution >= 0.6 is 0 Å². The lowest BCUT2D eigenvalue weighted by Crippen LogP contribution is -2.58. The van der Waals surface area contributed by atoms with E-state index in [-0.39, 0.29) is 35.9 Å². The summed E-state index contributed by atoms with van der Waals surface area (Å²) in [7, 11) is 1.59. The van der Waals surface area contributed by atoms with Gasteiger partial charge in [0, 0.05) is 13.7 Å². The van der Waals surface area contributed by atoms with Crippen LogP contribution in [0.1, 0.15) is 45.6 Å². The minimum atomic E-state index is -0.212. The maximum Gasteiger partial charge on any atom is 0.289 e. The van der Waals surface area contributed by atoms with Crippen LogP contribution in [0, 0.1) is 11.3 Å². The van der Waals surface area contributed by atoms with Crippen LogP contribution in [0.3, 0.4) is 0 Å². The van der Waals surface area contributed by atoms with Crippen molar-refractivity contribution in [1.29, 1.82) is 0 Å². The number of hydrogen-bond donors (Lipinski definition) is 1. The zero-order valence-electron chi connectivity index (χ0n) is 18.5. The molecule has 3 rings (SSSR count). The van der Waals surface area contributed by atoms with E-state index in [1.54, 1.807) is 18.1 Å². The number of morpholine rings is 1. The Bertz CT molecular complexity index is 769. The van der Waals surface area contributed by atoms with Gasteiger partial charge in [0.05, 0.1) is 12.6 Å². The molecule has 2 fully saturated rings. The van der Waals surface area contributed by atoms with Crippen molar-refractivity contribution in [3.63, 3.8) is 0 Å². The standard InChI is InChI=1S/C24H34N2O4/c1-24(2,3)18-10-11-20-19(15-18)26(16-22(27)25-12-13-29-4)23(28)21(30-20)14-17-8-6-5-7-9-17/h5-9,14,18-20H,10-13,15-16H2,1-4H3,(H,25,27)/b21-14-. The summed E-state index contributed by atoms with van der Waals surface area (Å²) in [5.41, 5.74) is 1.06. The largest absolute Gasteiger partial charge is 0.482 e. The average molecular weight is 415 g/mol. The third-order valence-corrected chi connectivity index (χ3v) is 6.17. The molecular formula is C24H34N2O4. The minimum absolute atomic E-state index is 0.0378. The summed E-state index contributed by atoms with van der Waals surface area (Å²) < 4.78 is 11.2. The van der Waals surface area contributed by atoms with E-state index < -0.39 is 0 Å². The fraction of sp³-hybridized carbons (Fsp3) is 0.583. The molecule has 1 aromatic rings. The van der Waals surface area contributed by atoms with E-state index in [9.17, 15) is 9.59 Å². The number of nitrogens with one attached hydrogen (secondary N) is 1. The van der Waals surface area contributed by atoms with E-state index in [0.29, 0.717) is 24.8 Å². The summed E-state index contributed by atoms with van der Waals surface area (Å²) in [6.45, 7) is 7.64. The lowest BCUT2D eigenvalue weighted by Gasteiger charge is -2.48. The number of amides is 2. The van der Waals surface area contributed by atoms with Crippen molar-refractivity contribution in [3.05, 3.63) is 41.7 Å². The molecule has 0 radical (unpaired) electrons. The van der Waals surface area contributed by atoms with E-state index in [0.717, 1.165) is 24.8 Å². The number of carbonyl (C=O) groups excluding carboxylic acids is 2. The molecule has 164 valence electrons. The van der Waals surface area contributed by atoms with Crippen LogP contribution in [-0.4, -0.2) is 55.7 Å². The summed E-state index contributed by atoms with van der Waals surface area (Å²) in [6, 6.07) is 9.58. The van der Waals surface area contributed by atoms with Gasteiger partial charge in [-0.25, -0.2) is 0 Å². The lowest BCUT2D eigenvalue weighted by atomic mass is 9.69. The van der Waals surface area contributed by atoms with E-state index in [2.05, 4.69) is 26.1 Å². The van der Waals surface area contributed by atoms with Crippen molar-refractivity contribution < 1.29 is 19.1 Å². The number of methoxy groups -OCH3 is 1. The first-order valence-corrected chi connectivity index (χ1v) is 10.8. The molecule has 0 aromatic heterocycles. The molecule has 0 bridgehead atoms. The molecule has 2 aliphatic rings. The van der Waals surface area contributed by atoms with Crippen LogP contribution in [0.25, 0.3) is 6.08 Å². The highest BCUT2D eigenvalue weighted by Gasteiger charge is 2.46. The van der Waals surface area contributed by atoms with Crippen molar-refractivity contribution in [3.8, 4) is 0 Å². The molecule has 30 heavy (non-hydrogen) atoms. The molecule has 1 saturated heterocycles. The highest BCUT2D eigenvalue weighted by atomic mass is 16.5. The second-order valence-corrected chi connectivity index (χ2v) is 9.29. The van der Waals surface area contributed by atoms with Crippen LogP contribution in [0.4, 0.5) is 0 Å². The zero-order chi connectivity index (χ0) is 21.7. The van der Waals surface area contributed by atoms with Crippen molar-refractivity contribution in [2.24, 2.45) is 11.3 Å². The molecule has 6 heteroatoms. The number of hydrogen-bond acceptors (Lipinski definition) is 4. The van der Waals surface area contributed by atoms with Crippen LogP contribution in [0.2, 0.25) is 0 Å². The van der Waals surface area contributed by atoms with Gasteiger partial charge in [-0.1, -0.05) is 51.1 Å². The number of ether oxygens (including phenoxy) is 2. The predicted molar refractivity (Wildman–Crippen MR) is 116 cm³/mol. The van der Waals surface area contributed by atoms with Gasteiger partial charge in [-0.2, -0.15) is 0 Å². The topological polar surface area (TPSA) is 67.9 Å². The van der Waals surface area contributed by atoms with Gasteiger partial charge in [0.15, 0.2) is 5.76 Å². The molecule has 1 aliphatic carbocycles. The number of benzene rings is 1. The first kappa shape index (κ1) is 22.3. The van der Waals surface area contributed by atoms with Crippen molar-refractivity contribution in [1.82, 2.24) is 10.2 Å². The first-order valence-electron chi connectivity index (χ1n) is 10.8. The van der Waals surface area contributed by atoms with Gasteiger partial charge in [0.25, 0.3) is 5.91 Å². The average Bonchev–Trinajstić information content (AvgIpc) is 2.71. The highest BCUT2D eigenvalue weighted by molar-refractivity contribution is 5.98. The Labute approximate surface area is 179 Å². The molecular weight excluding hydrogens is 380 g/mol. The van der Waals surface area contributed by atoms with Crippen LogP contribution in [-0.2, 0) is 19.1 Å². The van der Waals surface area contributed by atoms with Gasteiger partial charge < -0.3 is 19.7 Å². The third kappa shape index (κ3) is 5.42. The maximum absolute atomic E-state index is 13.3. The zero-order valence-corrected chi connectivity index (χ0v) is 18.5. The second kappa shape index (κ2) is 9.65. The molecule has 3 unspecified atom stereocenters. The highest BCUT2D eigenvalue weighted by Crippen LogP contribution is 2.42. The van der Waals surface area contributed by atoms with Crippen molar-refractivity contribution in [2.75, 3.05) is 26.8 Å². The Kier molecular flexibility index (Phi) is 7.19. The van der Waals surface area contributed by atoms with Gasteiger partial charge in [-0.3, -0.25) is 9.59 Å². The van der Waals surface area contributed by atoms with E-state index >= 15 is 0 Å². The maximum atomic E-state index is 13.3. The summed E-state index contributed by atoms with van der Waals surface area (Å²) in [6.07, 6.45) is 4.50. The number of rotatable bonds is 6. The second-order valence-electron chi connectivity index (χ2n) is 9.29. The van der Waals surface area contributed by atoms with Crippen LogP contribution in [0.5, 0.6) is 0 Å². The molecule has 6 nitrogen and oxygen atoms in total. The predicted octanol–water partition coefficient (Wildman–Crippen LogP) is 3.23. The molecule has 1 aromatic carbocycles. The Morgan fingerprint density at radius 3 is 2.67 bits per heavy atom. The Morgan fingerprint density at radius 1 is 1.27 bits per heavy atom. The van der Waals surface area contributed by atoms with Crippen LogP contribution < -0.4 is 5.32 Å². The summed E-state index contributed by atoms with van der Waals surface area (Å²) in [4.78, 5) is 27.6. The summed E-state index contributed by atoms with van der Waals surface area (Å²) in [5, 5.41) is 2.83. The van der Waals surface area contributed by atoms with Crippen LogP contribution in [0.15, 0.2) is 36.1 Å². The Hall–Kier alpha value is -2.34. The smallest absolute Gasteiger partial charge is 0.289 e. The van der Waals surface area contributed by atoms with Crippen molar-refractivity contribution >= 4 is 17.9 Å². The Balaban J connectivity index is 1.83. The molecule has 1 saturated carbocycles. The molecule has 2 amide bonds. The molecule has 3 atom stereocenters. The lowest BCUT2D eigenvalue weighted by molar-refractivity contribution is -0.154. The van der Waals surface area contributed by atoms with Crippen molar-refractivity contribution in [2.45, 2.75) is 52.2 Å². The number of nitrogens with zero attached hydrogens (tertiary/aromatic N) is 1. The number of carbonyl (C=O) groups is 2. The first-order chi connectivity index (χ1) is 14.3. The molecule has 1 N–H and O–H groups in total. The quantitative estimate of drug-likeness (QED) is 0.573. The summed E-state index contributed by atoms with van der Waals surface area (Å²) in [5.74, 6) is 0.421. The van der Waals surface area contributed by atoms with Gasteiger partial charge >= 0.3 is 0 Å². The normalized spacial score (nSPS) is 25.6. The van der Waals surface area contributed by atoms with Gasteiger partial charge in [-0.15, -0.1) is 0 Å².